The molecule has 0 aliphatic heterocycles. The van der Waals surface area contributed by atoms with Crippen molar-refractivity contribution in [1.82, 2.24) is 30.3 Å². The first-order chi connectivity index (χ1) is 10.3. The van der Waals surface area contributed by atoms with Gasteiger partial charge in [-0.15, -0.1) is 16.4 Å². The molecule has 3 aromatic heterocycles. The second kappa shape index (κ2) is 6.55. The number of thiazole rings is 1. The molecule has 0 spiro atoms. The minimum Gasteiger partial charge on any atom is -0.311 e. The average molecular weight is 300 g/mol. The molecule has 108 valence electrons. The number of hydrogen-bond donors (Lipinski definition) is 1. The molecule has 3 rings (SSSR count). The summed E-state index contributed by atoms with van der Waals surface area (Å²) >= 11 is 1.60. The lowest BCUT2D eigenvalue weighted by Gasteiger charge is -1.96. The highest BCUT2D eigenvalue weighted by Gasteiger charge is 2.07. The van der Waals surface area contributed by atoms with Crippen LogP contribution in [-0.4, -0.2) is 31.5 Å². The van der Waals surface area contributed by atoms with E-state index in [1.54, 1.807) is 17.5 Å². The number of pyridine rings is 1. The van der Waals surface area contributed by atoms with Crippen LogP contribution in [0.1, 0.15) is 18.3 Å². The molecule has 0 bridgehead atoms. The molecular weight excluding hydrogens is 284 g/mol. The van der Waals surface area contributed by atoms with Crippen LogP contribution in [0.3, 0.4) is 0 Å². The topological polar surface area (TPSA) is 68.5 Å². The van der Waals surface area contributed by atoms with Crippen LogP contribution in [0.2, 0.25) is 0 Å². The van der Waals surface area contributed by atoms with Gasteiger partial charge in [-0.2, -0.15) is 0 Å². The molecule has 0 amide bonds. The standard InChI is InChI=1S/C14H16N6S/c1-2-15-7-11-8-20(19-18-11)9-12-10-21-14(17-12)13-5-3-4-6-16-13/h3-6,8,10,15H,2,7,9H2,1H3. The Hall–Kier alpha value is -2.12. The maximum atomic E-state index is 4.60. The third-order valence-corrected chi connectivity index (χ3v) is 3.82. The summed E-state index contributed by atoms with van der Waals surface area (Å²) in [7, 11) is 0. The van der Waals surface area contributed by atoms with Gasteiger partial charge in [-0.1, -0.05) is 18.2 Å². The highest BCUT2D eigenvalue weighted by atomic mass is 32.1. The molecule has 0 aliphatic carbocycles. The zero-order valence-corrected chi connectivity index (χ0v) is 12.5. The highest BCUT2D eigenvalue weighted by molar-refractivity contribution is 7.13. The zero-order valence-electron chi connectivity index (χ0n) is 11.7. The van der Waals surface area contributed by atoms with Crippen molar-refractivity contribution in [2.45, 2.75) is 20.0 Å². The van der Waals surface area contributed by atoms with Gasteiger partial charge in [-0.05, 0) is 18.7 Å². The van der Waals surface area contributed by atoms with Crippen molar-refractivity contribution in [3.8, 4) is 10.7 Å². The second-order valence-electron chi connectivity index (χ2n) is 4.55. The Balaban J connectivity index is 1.68. The van der Waals surface area contributed by atoms with Crippen LogP contribution in [0.4, 0.5) is 0 Å². The highest BCUT2D eigenvalue weighted by Crippen LogP contribution is 2.21. The van der Waals surface area contributed by atoms with E-state index in [2.05, 4.69) is 32.5 Å². The van der Waals surface area contributed by atoms with Gasteiger partial charge in [0.2, 0.25) is 0 Å². The average Bonchev–Trinajstić information content (AvgIpc) is 3.16. The first kappa shape index (κ1) is 13.8. The molecule has 0 aliphatic rings. The predicted octanol–water partition coefficient (Wildman–Crippen LogP) is 1.95. The summed E-state index contributed by atoms with van der Waals surface area (Å²) in [5, 5.41) is 14.4. The van der Waals surface area contributed by atoms with Crippen molar-refractivity contribution in [2.24, 2.45) is 0 Å². The van der Waals surface area contributed by atoms with E-state index in [-0.39, 0.29) is 0 Å². The molecular formula is C14H16N6S. The van der Waals surface area contributed by atoms with Crippen LogP contribution in [-0.2, 0) is 13.1 Å². The predicted molar refractivity (Wildman–Crippen MR) is 81.8 cm³/mol. The second-order valence-corrected chi connectivity index (χ2v) is 5.40. The zero-order chi connectivity index (χ0) is 14.5. The number of nitrogens with one attached hydrogen (secondary N) is 1. The Labute approximate surface area is 126 Å². The number of hydrogen-bond acceptors (Lipinski definition) is 6. The molecule has 0 saturated heterocycles. The van der Waals surface area contributed by atoms with Crippen molar-refractivity contribution in [2.75, 3.05) is 6.54 Å². The Kier molecular flexibility index (Phi) is 4.32. The van der Waals surface area contributed by atoms with E-state index in [1.165, 1.54) is 0 Å². The van der Waals surface area contributed by atoms with Gasteiger partial charge < -0.3 is 5.32 Å². The molecule has 0 radical (unpaired) electrons. The maximum Gasteiger partial charge on any atom is 0.142 e. The Bertz CT molecular complexity index is 690. The van der Waals surface area contributed by atoms with Crippen molar-refractivity contribution in [3.05, 3.63) is 47.4 Å². The quantitative estimate of drug-likeness (QED) is 0.753. The summed E-state index contributed by atoms with van der Waals surface area (Å²) in [5.41, 5.74) is 2.82. The molecule has 21 heavy (non-hydrogen) atoms. The summed E-state index contributed by atoms with van der Waals surface area (Å²) in [6.07, 6.45) is 3.73. The number of nitrogens with zero attached hydrogens (tertiary/aromatic N) is 5. The third kappa shape index (κ3) is 3.50. The van der Waals surface area contributed by atoms with E-state index in [1.807, 2.05) is 34.5 Å². The number of rotatable bonds is 6. The molecule has 3 aromatic rings. The maximum absolute atomic E-state index is 4.60. The van der Waals surface area contributed by atoms with E-state index >= 15 is 0 Å². The van der Waals surface area contributed by atoms with Gasteiger partial charge in [0, 0.05) is 18.1 Å². The van der Waals surface area contributed by atoms with Gasteiger partial charge in [0.15, 0.2) is 0 Å². The smallest absolute Gasteiger partial charge is 0.142 e. The van der Waals surface area contributed by atoms with Gasteiger partial charge in [0.1, 0.15) is 5.01 Å². The lowest BCUT2D eigenvalue weighted by Crippen LogP contribution is -2.11. The van der Waals surface area contributed by atoms with Crippen LogP contribution in [0.15, 0.2) is 36.0 Å². The minimum atomic E-state index is 0.627. The van der Waals surface area contributed by atoms with Gasteiger partial charge in [0.25, 0.3) is 0 Å². The van der Waals surface area contributed by atoms with Crippen LogP contribution >= 0.6 is 11.3 Å². The lowest BCUT2D eigenvalue weighted by molar-refractivity contribution is 0.640. The van der Waals surface area contributed by atoms with Gasteiger partial charge in [0.05, 0.1) is 29.8 Å². The van der Waals surface area contributed by atoms with Crippen molar-refractivity contribution in [3.63, 3.8) is 0 Å². The molecule has 0 unspecified atom stereocenters. The summed E-state index contributed by atoms with van der Waals surface area (Å²) in [4.78, 5) is 8.91. The largest absolute Gasteiger partial charge is 0.311 e. The summed E-state index contributed by atoms with van der Waals surface area (Å²) < 4.78 is 1.81. The summed E-state index contributed by atoms with van der Waals surface area (Å²) in [6, 6.07) is 5.83. The fourth-order valence-electron chi connectivity index (χ4n) is 1.90. The fourth-order valence-corrected chi connectivity index (χ4v) is 2.69. The molecule has 1 N–H and O–H groups in total. The van der Waals surface area contributed by atoms with E-state index in [0.717, 1.165) is 35.2 Å². The molecule has 0 fully saturated rings. The normalized spacial score (nSPS) is 10.9. The first-order valence-corrected chi connectivity index (χ1v) is 7.68. The van der Waals surface area contributed by atoms with Gasteiger partial charge in [-0.3, -0.25) is 4.98 Å². The van der Waals surface area contributed by atoms with Crippen LogP contribution < -0.4 is 5.32 Å². The van der Waals surface area contributed by atoms with E-state index in [0.29, 0.717) is 6.54 Å². The molecule has 0 aromatic carbocycles. The van der Waals surface area contributed by atoms with E-state index in [9.17, 15) is 0 Å². The van der Waals surface area contributed by atoms with Crippen molar-refractivity contribution >= 4 is 11.3 Å². The molecule has 7 heteroatoms. The van der Waals surface area contributed by atoms with E-state index < -0.39 is 0 Å². The summed E-state index contributed by atoms with van der Waals surface area (Å²) in [5.74, 6) is 0. The fraction of sp³-hybridized carbons (Fsp3) is 0.286. The minimum absolute atomic E-state index is 0.627. The van der Waals surface area contributed by atoms with Crippen LogP contribution in [0.5, 0.6) is 0 Å². The molecule has 3 heterocycles. The molecule has 6 nitrogen and oxygen atoms in total. The van der Waals surface area contributed by atoms with Crippen molar-refractivity contribution in [1.29, 1.82) is 0 Å². The Morgan fingerprint density at radius 1 is 1.29 bits per heavy atom. The SMILES string of the molecule is CCNCc1cn(Cc2csc(-c3ccccn3)n2)nn1. The third-order valence-electron chi connectivity index (χ3n) is 2.90. The molecule has 0 atom stereocenters. The van der Waals surface area contributed by atoms with Gasteiger partial charge in [-0.25, -0.2) is 9.67 Å². The number of aromatic nitrogens is 5. The van der Waals surface area contributed by atoms with Gasteiger partial charge >= 0.3 is 0 Å². The van der Waals surface area contributed by atoms with E-state index in [4.69, 9.17) is 0 Å². The lowest BCUT2D eigenvalue weighted by atomic mass is 10.3. The first-order valence-electron chi connectivity index (χ1n) is 6.80. The summed E-state index contributed by atoms with van der Waals surface area (Å²) in [6.45, 7) is 4.36. The Morgan fingerprint density at radius 3 is 3.05 bits per heavy atom. The van der Waals surface area contributed by atoms with Crippen LogP contribution in [0, 0.1) is 0 Å². The molecule has 0 saturated carbocycles. The van der Waals surface area contributed by atoms with Crippen molar-refractivity contribution < 1.29 is 0 Å². The Morgan fingerprint density at radius 2 is 2.24 bits per heavy atom. The monoisotopic (exact) mass is 300 g/mol. The van der Waals surface area contributed by atoms with Crippen LogP contribution in [0.25, 0.3) is 10.7 Å².